The number of para-hydroxylation sites is 1. The van der Waals surface area contributed by atoms with E-state index in [0.717, 1.165) is 72.3 Å². The molecule has 2 aliphatic rings. The lowest BCUT2D eigenvalue weighted by atomic mass is 10.1. The summed E-state index contributed by atoms with van der Waals surface area (Å²) in [6.45, 7) is 7.13. The monoisotopic (exact) mass is 401 g/mol. The van der Waals surface area contributed by atoms with Gasteiger partial charge in [0.1, 0.15) is 5.82 Å². The molecule has 0 saturated carbocycles. The minimum Gasteiger partial charge on any atom is -0.454 e. The Morgan fingerprint density at radius 3 is 2.67 bits per heavy atom. The lowest BCUT2D eigenvalue weighted by Crippen LogP contribution is -2.46. The minimum absolute atomic E-state index is 0.319. The van der Waals surface area contributed by atoms with Gasteiger partial charge in [0.05, 0.1) is 11.2 Å². The average Bonchev–Trinajstić information content (AvgIpc) is 3.39. The van der Waals surface area contributed by atoms with E-state index in [1.165, 1.54) is 5.56 Å². The maximum absolute atomic E-state index is 5.52. The number of fused-ring (bicyclic) bond motifs is 4. The number of anilines is 1. The van der Waals surface area contributed by atoms with Crippen molar-refractivity contribution in [2.24, 2.45) is 0 Å². The largest absolute Gasteiger partial charge is 0.454 e. The first-order valence-electron chi connectivity index (χ1n) is 10.4. The lowest BCUT2D eigenvalue weighted by molar-refractivity contribution is 0.174. The Kier molecular flexibility index (Phi) is 4.02. The van der Waals surface area contributed by atoms with E-state index in [1.807, 2.05) is 23.6 Å². The molecule has 1 fully saturated rings. The molecule has 0 amide bonds. The predicted octanol–water partition coefficient (Wildman–Crippen LogP) is 3.24. The molecule has 2 aromatic heterocycles. The van der Waals surface area contributed by atoms with Crippen LogP contribution in [-0.4, -0.2) is 52.5 Å². The van der Waals surface area contributed by atoms with Gasteiger partial charge in [0.25, 0.3) is 0 Å². The molecule has 1 saturated heterocycles. The van der Waals surface area contributed by atoms with Crippen molar-refractivity contribution in [1.82, 2.24) is 19.5 Å². The topological polar surface area (TPSA) is 55.1 Å². The first kappa shape index (κ1) is 17.5. The Labute approximate surface area is 174 Å². The molecule has 0 atom stereocenters. The molecule has 0 bridgehead atoms. The summed E-state index contributed by atoms with van der Waals surface area (Å²) in [5.41, 5.74) is 4.25. The van der Waals surface area contributed by atoms with Gasteiger partial charge in [-0.15, -0.1) is 0 Å². The van der Waals surface area contributed by atoms with E-state index in [2.05, 4.69) is 51.3 Å². The van der Waals surface area contributed by atoms with Crippen LogP contribution in [0.2, 0.25) is 0 Å². The van der Waals surface area contributed by atoms with E-state index < -0.39 is 0 Å². The molecule has 7 heteroatoms. The van der Waals surface area contributed by atoms with Crippen LogP contribution in [0, 0.1) is 6.92 Å². The highest BCUT2D eigenvalue weighted by molar-refractivity contribution is 5.91. The zero-order valence-corrected chi connectivity index (χ0v) is 16.9. The fourth-order valence-electron chi connectivity index (χ4n) is 4.42. The van der Waals surface area contributed by atoms with Crippen molar-refractivity contribution in [2.45, 2.75) is 13.5 Å². The van der Waals surface area contributed by atoms with E-state index in [1.54, 1.807) is 0 Å². The molecule has 152 valence electrons. The first-order chi connectivity index (χ1) is 14.7. The van der Waals surface area contributed by atoms with Crippen LogP contribution in [0.5, 0.6) is 11.5 Å². The van der Waals surface area contributed by atoms with Crippen molar-refractivity contribution in [2.75, 3.05) is 37.9 Å². The summed E-state index contributed by atoms with van der Waals surface area (Å²) < 4.78 is 12.9. The lowest BCUT2D eigenvalue weighted by Gasteiger charge is -2.36. The van der Waals surface area contributed by atoms with Crippen LogP contribution in [0.15, 0.2) is 48.5 Å². The molecule has 0 aliphatic carbocycles. The van der Waals surface area contributed by atoms with E-state index in [-0.39, 0.29) is 0 Å². The van der Waals surface area contributed by atoms with Crippen molar-refractivity contribution in [3.8, 4) is 11.5 Å². The van der Waals surface area contributed by atoms with Gasteiger partial charge in [-0.05, 0) is 36.8 Å². The summed E-state index contributed by atoms with van der Waals surface area (Å²) in [5, 5.41) is 5.77. The Morgan fingerprint density at radius 2 is 1.77 bits per heavy atom. The van der Waals surface area contributed by atoms with Gasteiger partial charge < -0.3 is 14.4 Å². The van der Waals surface area contributed by atoms with Crippen molar-refractivity contribution in [1.29, 1.82) is 0 Å². The van der Waals surface area contributed by atoms with Crippen LogP contribution < -0.4 is 14.4 Å². The van der Waals surface area contributed by atoms with Crippen LogP contribution in [-0.2, 0) is 6.54 Å². The normalized spacial score (nSPS) is 16.6. The predicted molar refractivity (Wildman–Crippen MR) is 115 cm³/mol. The van der Waals surface area contributed by atoms with E-state index in [9.17, 15) is 0 Å². The van der Waals surface area contributed by atoms with Crippen LogP contribution in [0.4, 0.5) is 5.82 Å². The molecular formula is C23H23N5O2. The van der Waals surface area contributed by atoms with Crippen molar-refractivity contribution in [3.05, 3.63) is 59.8 Å². The van der Waals surface area contributed by atoms with Crippen molar-refractivity contribution < 1.29 is 9.47 Å². The molecule has 0 unspecified atom stereocenters. The molecule has 30 heavy (non-hydrogen) atoms. The van der Waals surface area contributed by atoms with Gasteiger partial charge in [0.2, 0.25) is 6.79 Å². The average molecular weight is 401 g/mol. The number of hydrogen-bond donors (Lipinski definition) is 0. The highest BCUT2D eigenvalue weighted by atomic mass is 16.7. The summed E-state index contributed by atoms with van der Waals surface area (Å²) in [5.74, 6) is 2.75. The van der Waals surface area contributed by atoms with Gasteiger partial charge in [-0.2, -0.15) is 5.10 Å². The summed E-state index contributed by atoms with van der Waals surface area (Å²) in [7, 11) is 0. The Morgan fingerprint density at radius 1 is 0.933 bits per heavy atom. The first-order valence-corrected chi connectivity index (χ1v) is 10.4. The zero-order chi connectivity index (χ0) is 20.1. The molecule has 2 aromatic carbocycles. The van der Waals surface area contributed by atoms with Crippen LogP contribution in [0.1, 0.15) is 11.3 Å². The molecule has 2 aliphatic heterocycles. The van der Waals surface area contributed by atoms with Gasteiger partial charge in [-0.3, -0.25) is 4.90 Å². The molecule has 0 N–H and O–H groups in total. The number of aromatic nitrogens is 3. The van der Waals surface area contributed by atoms with Gasteiger partial charge in [-0.1, -0.05) is 18.2 Å². The summed E-state index contributed by atoms with van der Waals surface area (Å²) in [4.78, 5) is 9.86. The molecule has 7 nitrogen and oxygen atoms in total. The second-order valence-corrected chi connectivity index (χ2v) is 7.96. The third-order valence-corrected chi connectivity index (χ3v) is 5.92. The standard InChI is InChI=1S/C23H23N5O2/c1-16-12-22-24-23(18-4-2-3-5-19(18)28(22)25-16)27-10-8-26(9-11-27)14-17-6-7-20-21(13-17)30-15-29-20/h2-7,12-13H,8-11,14-15H2,1H3. The SMILES string of the molecule is Cc1cc2nc(N3CCN(Cc4ccc5c(c4)OCO5)CC3)c3ccccc3n2n1. The van der Waals surface area contributed by atoms with E-state index in [4.69, 9.17) is 14.5 Å². The number of nitrogens with zero attached hydrogens (tertiary/aromatic N) is 5. The number of aryl methyl sites for hydroxylation is 1. The van der Waals surface area contributed by atoms with Crippen molar-refractivity contribution in [3.63, 3.8) is 0 Å². The molecule has 0 radical (unpaired) electrons. The summed E-state index contributed by atoms with van der Waals surface area (Å²) >= 11 is 0. The number of rotatable bonds is 3. The molecule has 0 spiro atoms. The molecular weight excluding hydrogens is 378 g/mol. The van der Waals surface area contributed by atoms with Gasteiger partial charge in [-0.25, -0.2) is 9.50 Å². The summed E-state index contributed by atoms with van der Waals surface area (Å²) in [6, 6.07) is 16.7. The minimum atomic E-state index is 0.319. The van der Waals surface area contributed by atoms with Crippen LogP contribution in [0.25, 0.3) is 16.6 Å². The number of hydrogen-bond acceptors (Lipinski definition) is 6. The number of piperazine rings is 1. The Hall–Kier alpha value is -3.32. The quantitative estimate of drug-likeness (QED) is 0.525. The smallest absolute Gasteiger partial charge is 0.231 e. The highest BCUT2D eigenvalue weighted by Crippen LogP contribution is 2.33. The van der Waals surface area contributed by atoms with Gasteiger partial charge in [0, 0.05) is 44.2 Å². The fraction of sp³-hybridized carbons (Fsp3) is 0.304. The van der Waals surface area contributed by atoms with Crippen molar-refractivity contribution >= 4 is 22.4 Å². The second kappa shape index (κ2) is 6.88. The van der Waals surface area contributed by atoms with Crippen LogP contribution >= 0.6 is 0 Å². The second-order valence-electron chi connectivity index (χ2n) is 7.96. The van der Waals surface area contributed by atoms with Gasteiger partial charge >= 0.3 is 0 Å². The molecule has 4 heterocycles. The van der Waals surface area contributed by atoms with E-state index in [0.29, 0.717) is 6.79 Å². The maximum Gasteiger partial charge on any atom is 0.231 e. The third-order valence-electron chi connectivity index (χ3n) is 5.92. The number of benzene rings is 2. The molecule has 6 rings (SSSR count). The fourth-order valence-corrected chi connectivity index (χ4v) is 4.42. The Balaban J connectivity index is 1.23. The highest BCUT2D eigenvalue weighted by Gasteiger charge is 2.22. The van der Waals surface area contributed by atoms with Gasteiger partial charge in [0.15, 0.2) is 17.1 Å². The van der Waals surface area contributed by atoms with E-state index >= 15 is 0 Å². The Bertz CT molecular complexity index is 1240. The molecule has 4 aromatic rings. The third kappa shape index (κ3) is 2.93. The maximum atomic E-state index is 5.52. The number of ether oxygens (including phenoxy) is 2. The summed E-state index contributed by atoms with van der Waals surface area (Å²) in [6.07, 6.45) is 0. The zero-order valence-electron chi connectivity index (χ0n) is 16.9. The van der Waals surface area contributed by atoms with Crippen LogP contribution in [0.3, 0.4) is 0 Å².